The Hall–Kier alpha value is -1.40. The Morgan fingerprint density at radius 3 is 2.84 bits per heavy atom. The Labute approximate surface area is 113 Å². The minimum absolute atomic E-state index is 0.117. The molecule has 0 bridgehead atoms. The second-order valence-corrected chi connectivity index (χ2v) is 5.59. The Morgan fingerprint density at radius 2 is 2.21 bits per heavy atom. The normalized spacial score (nSPS) is 27.1. The summed E-state index contributed by atoms with van der Waals surface area (Å²) in [5, 5.41) is 13.2. The molecule has 1 heterocycles. The van der Waals surface area contributed by atoms with Gasteiger partial charge in [-0.25, -0.2) is 15.8 Å². The van der Waals surface area contributed by atoms with Gasteiger partial charge in [-0.3, -0.25) is 0 Å². The summed E-state index contributed by atoms with van der Waals surface area (Å²) in [7, 11) is 0. The molecule has 1 fully saturated rings. The van der Waals surface area contributed by atoms with E-state index in [4.69, 9.17) is 5.84 Å². The van der Waals surface area contributed by atoms with Crippen LogP contribution in [0.25, 0.3) is 0 Å². The van der Waals surface area contributed by atoms with Gasteiger partial charge in [0.15, 0.2) is 0 Å². The zero-order chi connectivity index (χ0) is 13.9. The van der Waals surface area contributed by atoms with Crippen LogP contribution in [0, 0.1) is 12.8 Å². The van der Waals surface area contributed by atoms with Gasteiger partial charge in [0.1, 0.15) is 17.5 Å². The van der Waals surface area contributed by atoms with Crippen LogP contribution in [-0.4, -0.2) is 27.2 Å². The number of nitrogens with two attached hydrogens (primary N) is 1. The molecule has 0 aliphatic heterocycles. The number of hydrogen-bond acceptors (Lipinski definition) is 6. The monoisotopic (exact) mass is 265 g/mol. The summed E-state index contributed by atoms with van der Waals surface area (Å²) < 4.78 is 0. The Bertz CT molecular complexity index is 439. The van der Waals surface area contributed by atoms with Crippen molar-refractivity contribution in [3.8, 4) is 0 Å². The van der Waals surface area contributed by atoms with E-state index >= 15 is 0 Å². The van der Waals surface area contributed by atoms with Crippen LogP contribution in [0.15, 0.2) is 6.07 Å². The fourth-order valence-electron chi connectivity index (χ4n) is 2.93. The number of nitrogens with one attached hydrogen (secondary N) is 2. The van der Waals surface area contributed by atoms with Crippen molar-refractivity contribution in [2.75, 3.05) is 17.3 Å². The fraction of sp³-hybridized carbons (Fsp3) is 0.692. The molecule has 1 aliphatic carbocycles. The molecular weight excluding hydrogens is 242 g/mol. The molecule has 2 rings (SSSR count). The first-order valence-corrected chi connectivity index (χ1v) is 6.78. The lowest BCUT2D eigenvalue weighted by molar-refractivity contribution is 0.149. The number of rotatable bonds is 4. The fourth-order valence-corrected chi connectivity index (χ4v) is 2.93. The van der Waals surface area contributed by atoms with Crippen LogP contribution in [0.4, 0.5) is 11.6 Å². The maximum absolute atomic E-state index is 9.77. The van der Waals surface area contributed by atoms with Crippen molar-refractivity contribution in [2.45, 2.75) is 45.1 Å². The van der Waals surface area contributed by atoms with Gasteiger partial charge in [0.2, 0.25) is 0 Å². The first kappa shape index (κ1) is 14.0. The van der Waals surface area contributed by atoms with Crippen molar-refractivity contribution in [3.63, 3.8) is 0 Å². The summed E-state index contributed by atoms with van der Waals surface area (Å²) in [6.07, 6.45) is 4.27. The van der Waals surface area contributed by atoms with E-state index in [1.807, 2.05) is 6.92 Å². The number of aromatic nitrogens is 2. The van der Waals surface area contributed by atoms with Crippen LogP contribution in [0.5, 0.6) is 0 Å². The summed E-state index contributed by atoms with van der Waals surface area (Å²) >= 11 is 0. The number of aliphatic hydroxyl groups is 1. The van der Waals surface area contributed by atoms with Gasteiger partial charge >= 0.3 is 0 Å². The molecule has 5 N–H and O–H groups in total. The maximum atomic E-state index is 9.77. The van der Waals surface area contributed by atoms with E-state index in [9.17, 15) is 5.11 Å². The third kappa shape index (κ3) is 3.33. The zero-order valence-corrected chi connectivity index (χ0v) is 11.6. The molecule has 6 nitrogen and oxygen atoms in total. The molecule has 1 aromatic heterocycles. The van der Waals surface area contributed by atoms with Crippen molar-refractivity contribution in [1.29, 1.82) is 0 Å². The van der Waals surface area contributed by atoms with E-state index in [-0.39, 0.29) is 12.1 Å². The summed E-state index contributed by atoms with van der Waals surface area (Å²) in [6, 6.07) is 1.77. The first-order valence-electron chi connectivity index (χ1n) is 6.78. The quantitative estimate of drug-likeness (QED) is 0.486. The van der Waals surface area contributed by atoms with E-state index < -0.39 is 0 Å². The lowest BCUT2D eigenvalue weighted by Crippen LogP contribution is -2.46. The molecule has 106 valence electrons. The van der Waals surface area contributed by atoms with Crippen LogP contribution in [0.2, 0.25) is 0 Å². The average molecular weight is 265 g/mol. The van der Waals surface area contributed by atoms with E-state index in [0.717, 1.165) is 19.3 Å². The van der Waals surface area contributed by atoms with Gasteiger partial charge in [-0.05, 0) is 25.7 Å². The smallest absolute Gasteiger partial charge is 0.145 e. The van der Waals surface area contributed by atoms with Gasteiger partial charge in [-0.2, -0.15) is 0 Å². The van der Waals surface area contributed by atoms with Gasteiger partial charge in [-0.1, -0.05) is 19.8 Å². The highest BCUT2D eigenvalue weighted by atomic mass is 16.3. The van der Waals surface area contributed by atoms with Crippen LogP contribution in [0.1, 0.15) is 38.4 Å². The maximum Gasteiger partial charge on any atom is 0.145 e. The van der Waals surface area contributed by atoms with E-state index in [1.165, 1.54) is 6.42 Å². The number of aliphatic hydroxyl groups excluding tert-OH is 1. The first-order chi connectivity index (χ1) is 9.07. The Kier molecular flexibility index (Phi) is 4.21. The number of hydrazine groups is 1. The average Bonchev–Trinajstić information content (AvgIpc) is 2.38. The van der Waals surface area contributed by atoms with E-state index in [1.54, 1.807) is 6.07 Å². The highest BCUT2D eigenvalue weighted by molar-refractivity contribution is 5.48. The predicted molar refractivity (Wildman–Crippen MR) is 75.7 cm³/mol. The standard InChI is InChI=1S/C13H23N5O/c1-9-4-3-5-13(7-9,8-19)17-11-6-12(18-14)16-10(2)15-11/h6,9,19H,3-5,7-8,14H2,1-2H3,(H2,15,16,17,18). The van der Waals surface area contributed by atoms with Crippen molar-refractivity contribution in [2.24, 2.45) is 11.8 Å². The van der Waals surface area contributed by atoms with E-state index in [0.29, 0.717) is 23.4 Å². The lowest BCUT2D eigenvalue weighted by atomic mass is 9.77. The lowest BCUT2D eigenvalue weighted by Gasteiger charge is -2.39. The van der Waals surface area contributed by atoms with Crippen molar-refractivity contribution >= 4 is 11.6 Å². The third-order valence-electron chi connectivity index (χ3n) is 3.77. The molecule has 1 saturated carbocycles. The minimum atomic E-state index is -0.273. The van der Waals surface area contributed by atoms with Crippen LogP contribution < -0.4 is 16.6 Å². The Morgan fingerprint density at radius 1 is 1.47 bits per heavy atom. The van der Waals surface area contributed by atoms with Crippen LogP contribution >= 0.6 is 0 Å². The minimum Gasteiger partial charge on any atom is -0.394 e. The molecular formula is C13H23N5O. The van der Waals surface area contributed by atoms with Crippen LogP contribution in [-0.2, 0) is 0 Å². The molecule has 0 spiro atoms. The number of hydrogen-bond donors (Lipinski definition) is 4. The highest BCUT2D eigenvalue weighted by Gasteiger charge is 2.34. The molecule has 2 unspecified atom stereocenters. The molecule has 0 amide bonds. The second kappa shape index (κ2) is 5.71. The topological polar surface area (TPSA) is 96.1 Å². The molecule has 0 saturated heterocycles. The zero-order valence-electron chi connectivity index (χ0n) is 11.6. The number of nitrogen functional groups attached to an aromatic ring is 1. The molecule has 19 heavy (non-hydrogen) atoms. The van der Waals surface area contributed by atoms with Crippen molar-refractivity contribution in [1.82, 2.24) is 9.97 Å². The second-order valence-electron chi connectivity index (χ2n) is 5.59. The Balaban J connectivity index is 2.20. The summed E-state index contributed by atoms with van der Waals surface area (Å²) in [6.45, 7) is 4.16. The van der Waals surface area contributed by atoms with Gasteiger partial charge < -0.3 is 15.8 Å². The van der Waals surface area contributed by atoms with Crippen molar-refractivity contribution < 1.29 is 5.11 Å². The SMILES string of the molecule is Cc1nc(NN)cc(NC2(CO)CCCC(C)C2)n1. The largest absolute Gasteiger partial charge is 0.394 e. The van der Waals surface area contributed by atoms with Gasteiger partial charge in [0.25, 0.3) is 0 Å². The van der Waals surface area contributed by atoms with Gasteiger partial charge in [-0.15, -0.1) is 0 Å². The highest BCUT2D eigenvalue weighted by Crippen LogP contribution is 2.34. The molecule has 0 radical (unpaired) electrons. The summed E-state index contributed by atoms with van der Waals surface area (Å²) in [5.41, 5.74) is 2.26. The molecule has 0 aromatic carbocycles. The van der Waals surface area contributed by atoms with E-state index in [2.05, 4.69) is 27.6 Å². The van der Waals surface area contributed by atoms with Gasteiger partial charge in [0.05, 0.1) is 12.1 Å². The third-order valence-corrected chi connectivity index (χ3v) is 3.77. The molecule has 6 heteroatoms. The number of aryl methyl sites for hydroxylation is 1. The molecule has 1 aromatic rings. The number of anilines is 2. The number of nitrogens with zero attached hydrogens (tertiary/aromatic N) is 2. The predicted octanol–water partition coefficient (Wildman–Crippen LogP) is 1.42. The van der Waals surface area contributed by atoms with Gasteiger partial charge in [0, 0.05) is 6.07 Å². The molecule has 1 aliphatic rings. The summed E-state index contributed by atoms with van der Waals surface area (Å²) in [5.74, 6) is 7.94. The molecule has 2 atom stereocenters. The summed E-state index contributed by atoms with van der Waals surface area (Å²) in [4.78, 5) is 8.52. The van der Waals surface area contributed by atoms with Crippen molar-refractivity contribution in [3.05, 3.63) is 11.9 Å². The van der Waals surface area contributed by atoms with Crippen LogP contribution in [0.3, 0.4) is 0 Å².